The Labute approximate surface area is 128 Å². The summed E-state index contributed by atoms with van der Waals surface area (Å²) in [6.07, 6.45) is 7.31. The summed E-state index contributed by atoms with van der Waals surface area (Å²) < 4.78 is 0. The maximum Gasteiger partial charge on any atom is 0.226 e. The van der Waals surface area contributed by atoms with Gasteiger partial charge in [0, 0.05) is 18.5 Å². The quantitative estimate of drug-likeness (QED) is 0.810. The predicted molar refractivity (Wildman–Crippen MR) is 82.8 cm³/mol. The summed E-state index contributed by atoms with van der Waals surface area (Å²) in [5.41, 5.74) is -0.968. The molecule has 4 fully saturated rings. The molecule has 0 aliphatic heterocycles. The van der Waals surface area contributed by atoms with Gasteiger partial charge in [-0.3, -0.25) is 4.79 Å². The van der Waals surface area contributed by atoms with Crippen LogP contribution in [0.3, 0.4) is 0 Å². The van der Waals surface area contributed by atoms with Gasteiger partial charge >= 0.3 is 0 Å². The molecule has 0 aromatic rings. The normalized spacial score (nSPS) is 40.3. The second-order valence-corrected chi connectivity index (χ2v) is 8.62. The van der Waals surface area contributed by atoms with Crippen molar-refractivity contribution in [2.45, 2.75) is 51.0 Å². The lowest BCUT2D eigenvalue weighted by atomic mass is 9.49. The first-order valence-electron chi connectivity index (χ1n) is 8.43. The molecule has 4 aliphatic carbocycles. The third kappa shape index (κ3) is 3.11. The van der Waals surface area contributed by atoms with Crippen LogP contribution in [0.15, 0.2) is 0 Å². The third-order valence-corrected chi connectivity index (χ3v) is 5.81. The van der Waals surface area contributed by atoms with Crippen LogP contribution >= 0.6 is 0 Å². The molecule has 0 radical (unpaired) electrons. The smallest absolute Gasteiger partial charge is 0.226 e. The predicted octanol–water partition coefficient (Wildman–Crippen LogP) is 1.63. The van der Waals surface area contributed by atoms with E-state index in [4.69, 9.17) is 0 Å². The molecular formula is C17H30N2O2. The van der Waals surface area contributed by atoms with E-state index in [0.29, 0.717) is 13.1 Å². The first-order valence-corrected chi connectivity index (χ1v) is 8.43. The van der Waals surface area contributed by atoms with Gasteiger partial charge in [-0.25, -0.2) is 0 Å². The highest BCUT2D eigenvalue weighted by molar-refractivity contribution is 5.83. The number of amides is 1. The van der Waals surface area contributed by atoms with Crippen LogP contribution in [0.4, 0.5) is 0 Å². The lowest BCUT2D eigenvalue weighted by Gasteiger charge is -2.55. The van der Waals surface area contributed by atoms with Crippen molar-refractivity contribution in [2.75, 3.05) is 27.2 Å². The number of nitrogens with one attached hydrogen (secondary N) is 1. The molecule has 1 atom stereocenters. The fraction of sp³-hybridized carbons (Fsp3) is 0.941. The average Bonchev–Trinajstić information content (AvgIpc) is 2.32. The maximum absolute atomic E-state index is 12.8. The molecular weight excluding hydrogens is 264 g/mol. The fourth-order valence-electron chi connectivity index (χ4n) is 5.58. The summed E-state index contributed by atoms with van der Waals surface area (Å²) in [4.78, 5) is 14.7. The van der Waals surface area contributed by atoms with E-state index in [1.807, 2.05) is 19.0 Å². The van der Waals surface area contributed by atoms with Gasteiger partial charge in [0.2, 0.25) is 5.91 Å². The van der Waals surface area contributed by atoms with E-state index in [9.17, 15) is 9.90 Å². The zero-order valence-corrected chi connectivity index (χ0v) is 13.7. The molecule has 4 heteroatoms. The topological polar surface area (TPSA) is 52.6 Å². The number of rotatable bonds is 5. The van der Waals surface area contributed by atoms with Crippen molar-refractivity contribution in [2.24, 2.45) is 23.2 Å². The van der Waals surface area contributed by atoms with Gasteiger partial charge in [0.15, 0.2) is 0 Å². The zero-order chi connectivity index (χ0) is 15.3. The Morgan fingerprint density at radius 2 is 1.67 bits per heavy atom. The lowest BCUT2D eigenvalue weighted by molar-refractivity contribution is -0.147. The van der Waals surface area contributed by atoms with Gasteiger partial charge in [-0.2, -0.15) is 0 Å². The lowest BCUT2D eigenvalue weighted by Crippen LogP contribution is -2.56. The molecule has 4 bridgehead atoms. The summed E-state index contributed by atoms with van der Waals surface area (Å²) in [6.45, 7) is 2.72. The molecule has 120 valence electrons. The van der Waals surface area contributed by atoms with Crippen LogP contribution in [-0.4, -0.2) is 48.7 Å². The molecule has 0 heterocycles. The second-order valence-electron chi connectivity index (χ2n) is 8.62. The molecule has 21 heavy (non-hydrogen) atoms. The monoisotopic (exact) mass is 294 g/mol. The van der Waals surface area contributed by atoms with Gasteiger partial charge in [-0.15, -0.1) is 0 Å². The van der Waals surface area contributed by atoms with Crippen LogP contribution in [0, 0.1) is 23.2 Å². The van der Waals surface area contributed by atoms with Gasteiger partial charge in [-0.1, -0.05) is 0 Å². The van der Waals surface area contributed by atoms with E-state index >= 15 is 0 Å². The van der Waals surface area contributed by atoms with E-state index in [2.05, 4.69) is 5.32 Å². The molecule has 4 rings (SSSR count). The van der Waals surface area contributed by atoms with Crippen LogP contribution in [0.1, 0.15) is 45.4 Å². The first kappa shape index (κ1) is 15.3. The molecule has 0 spiro atoms. The number of hydrogen-bond donors (Lipinski definition) is 2. The van der Waals surface area contributed by atoms with Crippen LogP contribution < -0.4 is 5.32 Å². The first-order chi connectivity index (χ1) is 9.78. The molecule has 4 nitrogen and oxygen atoms in total. The standard InChI is InChI=1S/C17H30N2O2/c1-16(21,11-19(2)3)10-18-15(20)17-7-12-4-13(8-17)6-14(5-12)9-17/h12-14,21H,4-11H2,1-3H3,(H,18,20). The summed E-state index contributed by atoms with van der Waals surface area (Å²) in [6, 6.07) is 0. The number of nitrogens with zero attached hydrogens (tertiary/aromatic N) is 1. The van der Waals surface area contributed by atoms with Gasteiger partial charge in [0.1, 0.15) is 0 Å². The molecule has 4 saturated carbocycles. The Morgan fingerprint density at radius 3 is 2.10 bits per heavy atom. The van der Waals surface area contributed by atoms with Gasteiger partial charge in [0.25, 0.3) is 0 Å². The molecule has 2 N–H and O–H groups in total. The summed E-state index contributed by atoms with van der Waals surface area (Å²) in [7, 11) is 3.88. The minimum absolute atomic E-state index is 0.108. The Balaban J connectivity index is 1.61. The van der Waals surface area contributed by atoms with Crippen molar-refractivity contribution in [1.29, 1.82) is 0 Å². The largest absolute Gasteiger partial charge is 0.387 e. The number of aliphatic hydroxyl groups is 1. The van der Waals surface area contributed by atoms with E-state index in [-0.39, 0.29) is 11.3 Å². The molecule has 1 amide bonds. The number of hydrogen-bond acceptors (Lipinski definition) is 3. The summed E-state index contributed by atoms with van der Waals surface area (Å²) >= 11 is 0. The van der Waals surface area contributed by atoms with Gasteiger partial charge < -0.3 is 15.3 Å². The Kier molecular flexibility index (Phi) is 3.81. The van der Waals surface area contributed by atoms with Crippen molar-refractivity contribution >= 4 is 5.91 Å². The summed E-state index contributed by atoms with van der Waals surface area (Å²) in [5.74, 6) is 2.55. The second kappa shape index (κ2) is 5.24. The van der Waals surface area contributed by atoms with Crippen molar-refractivity contribution in [3.05, 3.63) is 0 Å². The van der Waals surface area contributed by atoms with E-state index in [0.717, 1.165) is 37.0 Å². The Bertz CT molecular complexity index is 382. The molecule has 0 aromatic heterocycles. The van der Waals surface area contributed by atoms with Crippen molar-refractivity contribution in [3.8, 4) is 0 Å². The molecule has 0 saturated heterocycles. The number of carbonyl (C=O) groups is 1. The molecule has 0 aromatic carbocycles. The highest BCUT2D eigenvalue weighted by Gasteiger charge is 2.54. The Morgan fingerprint density at radius 1 is 1.19 bits per heavy atom. The van der Waals surface area contributed by atoms with E-state index in [1.165, 1.54) is 19.3 Å². The fourth-order valence-corrected chi connectivity index (χ4v) is 5.58. The highest BCUT2D eigenvalue weighted by atomic mass is 16.3. The highest BCUT2D eigenvalue weighted by Crippen LogP contribution is 2.60. The van der Waals surface area contributed by atoms with Crippen molar-refractivity contribution in [1.82, 2.24) is 10.2 Å². The molecule has 4 aliphatic rings. The van der Waals surface area contributed by atoms with Crippen molar-refractivity contribution < 1.29 is 9.90 Å². The van der Waals surface area contributed by atoms with Crippen molar-refractivity contribution in [3.63, 3.8) is 0 Å². The van der Waals surface area contributed by atoms with E-state index in [1.54, 1.807) is 6.92 Å². The Hall–Kier alpha value is -0.610. The van der Waals surface area contributed by atoms with Crippen LogP contribution in [0.5, 0.6) is 0 Å². The zero-order valence-electron chi connectivity index (χ0n) is 13.7. The van der Waals surface area contributed by atoms with Crippen LogP contribution in [0.2, 0.25) is 0 Å². The van der Waals surface area contributed by atoms with Crippen LogP contribution in [0.25, 0.3) is 0 Å². The third-order valence-electron chi connectivity index (χ3n) is 5.81. The van der Waals surface area contributed by atoms with Crippen LogP contribution in [-0.2, 0) is 4.79 Å². The van der Waals surface area contributed by atoms with Gasteiger partial charge in [0.05, 0.1) is 5.60 Å². The molecule has 1 unspecified atom stereocenters. The van der Waals surface area contributed by atoms with E-state index < -0.39 is 5.60 Å². The maximum atomic E-state index is 12.8. The minimum Gasteiger partial charge on any atom is -0.387 e. The SMILES string of the molecule is CN(C)CC(C)(O)CNC(=O)C12CC3CC(CC(C3)C1)C2. The summed E-state index contributed by atoms with van der Waals surface area (Å²) in [5, 5.41) is 13.4. The number of likely N-dealkylation sites (N-methyl/N-ethyl adjacent to an activating group) is 1. The van der Waals surface area contributed by atoms with Gasteiger partial charge in [-0.05, 0) is 77.3 Å². The minimum atomic E-state index is -0.860. The average molecular weight is 294 g/mol. The number of carbonyl (C=O) groups excluding carboxylic acids is 1.